The third-order valence-electron chi connectivity index (χ3n) is 7.58. The van der Waals surface area contributed by atoms with E-state index in [0.717, 1.165) is 29.7 Å². The van der Waals surface area contributed by atoms with Crippen LogP contribution in [-0.2, 0) is 16.2 Å². The molecule has 0 aromatic heterocycles. The molecular weight excluding hydrogens is 558 g/mol. The van der Waals surface area contributed by atoms with Gasteiger partial charge in [-0.05, 0) is 24.1 Å². The number of carbonyl (C=O) groups is 3. The number of rotatable bonds is 26. The van der Waals surface area contributed by atoms with Crippen LogP contribution in [0.2, 0.25) is 0 Å². The van der Waals surface area contributed by atoms with E-state index in [1.807, 2.05) is 30.3 Å². The molecular formula is C36H53NO7. The zero-order valence-electron chi connectivity index (χ0n) is 26.6. The number of carboxylic acids is 2. The van der Waals surface area contributed by atoms with Crippen molar-refractivity contribution in [2.45, 2.75) is 116 Å². The van der Waals surface area contributed by atoms with Gasteiger partial charge in [-0.25, -0.2) is 0 Å². The molecule has 0 radical (unpaired) electrons. The van der Waals surface area contributed by atoms with E-state index < -0.39 is 30.9 Å². The van der Waals surface area contributed by atoms with Gasteiger partial charge in [-0.2, -0.15) is 0 Å². The summed E-state index contributed by atoms with van der Waals surface area (Å²) in [4.78, 5) is 36.4. The minimum Gasteiger partial charge on any atom is -0.493 e. The number of carbonyl (C=O) groups excluding carboxylic acids is 1. The van der Waals surface area contributed by atoms with Crippen molar-refractivity contribution in [3.8, 4) is 11.5 Å². The summed E-state index contributed by atoms with van der Waals surface area (Å²) in [7, 11) is 0. The lowest BCUT2D eigenvalue weighted by Gasteiger charge is -2.19. The molecule has 0 bridgehead atoms. The number of amides is 1. The number of nitrogens with zero attached hydrogens (tertiary/aromatic N) is 1. The molecule has 8 nitrogen and oxygen atoms in total. The summed E-state index contributed by atoms with van der Waals surface area (Å²) >= 11 is 0. The summed E-state index contributed by atoms with van der Waals surface area (Å²) in [6, 6.07) is 14.3. The van der Waals surface area contributed by atoms with Gasteiger partial charge in [-0.15, -0.1) is 0 Å². The van der Waals surface area contributed by atoms with Crippen LogP contribution in [0, 0.1) is 0 Å². The largest absolute Gasteiger partial charge is 0.493 e. The van der Waals surface area contributed by atoms with E-state index in [1.54, 1.807) is 6.07 Å². The summed E-state index contributed by atoms with van der Waals surface area (Å²) in [6.45, 7) is 1.55. The fraction of sp³-hybridized carbons (Fsp3) is 0.583. The molecule has 0 heterocycles. The molecule has 2 aromatic carbocycles. The van der Waals surface area contributed by atoms with Crippen molar-refractivity contribution in [2.24, 2.45) is 0 Å². The maximum absolute atomic E-state index is 13.1. The fourth-order valence-corrected chi connectivity index (χ4v) is 5.15. The molecule has 0 spiro atoms. The quantitative estimate of drug-likeness (QED) is 0.103. The Morgan fingerprint density at radius 2 is 1.07 bits per heavy atom. The molecule has 0 aliphatic carbocycles. The average molecular weight is 612 g/mol. The van der Waals surface area contributed by atoms with Gasteiger partial charge in [-0.3, -0.25) is 14.4 Å². The van der Waals surface area contributed by atoms with Crippen molar-refractivity contribution in [3.63, 3.8) is 0 Å². The molecule has 0 saturated heterocycles. The molecule has 44 heavy (non-hydrogen) atoms. The standard InChI is InChI=1S/C36H53NO7/c1-2-3-4-5-6-7-8-9-10-11-12-13-14-15-16-20-23-43-32-24-31(36(42)37(27-34(38)39)28-35(40)41)25-33(26-32)44-29-30-21-18-17-19-22-30/h17-19,21-22,24-26H,2-16,20,23,27-29H2,1H3,(H,38,39)(H,40,41). The average Bonchev–Trinajstić information content (AvgIpc) is 3.01. The normalized spacial score (nSPS) is 10.8. The molecule has 244 valence electrons. The first-order chi connectivity index (χ1) is 21.4. The van der Waals surface area contributed by atoms with Crippen molar-refractivity contribution in [1.29, 1.82) is 0 Å². The van der Waals surface area contributed by atoms with E-state index in [2.05, 4.69) is 6.92 Å². The molecule has 2 aromatic rings. The molecule has 0 aliphatic heterocycles. The van der Waals surface area contributed by atoms with Crippen LogP contribution in [0.3, 0.4) is 0 Å². The van der Waals surface area contributed by atoms with E-state index in [-0.39, 0.29) is 12.2 Å². The van der Waals surface area contributed by atoms with Crippen LogP contribution in [0.1, 0.15) is 126 Å². The Labute approximate surface area is 263 Å². The Bertz CT molecular complexity index is 1070. The summed E-state index contributed by atoms with van der Waals surface area (Å²) in [5.74, 6) is -2.50. The lowest BCUT2D eigenvalue weighted by molar-refractivity contribution is -0.140. The molecule has 0 atom stereocenters. The number of unbranched alkanes of at least 4 members (excludes halogenated alkanes) is 15. The Kier molecular flexibility index (Phi) is 19.1. The van der Waals surface area contributed by atoms with Crippen molar-refractivity contribution >= 4 is 17.8 Å². The number of hydrogen-bond acceptors (Lipinski definition) is 5. The molecule has 0 aliphatic rings. The second kappa shape index (κ2) is 22.9. The smallest absolute Gasteiger partial charge is 0.323 e. The van der Waals surface area contributed by atoms with Gasteiger partial charge in [0, 0.05) is 11.6 Å². The maximum atomic E-state index is 13.1. The number of carboxylic acid groups (broad SMARTS) is 2. The topological polar surface area (TPSA) is 113 Å². The van der Waals surface area contributed by atoms with E-state index in [9.17, 15) is 24.6 Å². The zero-order valence-corrected chi connectivity index (χ0v) is 26.6. The molecule has 2 rings (SSSR count). The highest BCUT2D eigenvalue weighted by atomic mass is 16.5. The number of aliphatic carboxylic acids is 2. The fourth-order valence-electron chi connectivity index (χ4n) is 5.15. The van der Waals surface area contributed by atoms with Crippen molar-refractivity contribution in [1.82, 2.24) is 4.90 Å². The van der Waals surface area contributed by atoms with Crippen LogP contribution < -0.4 is 9.47 Å². The Morgan fingerprint density at radius 1 is 0.614 bits per heavy atom. The van der Waals surface area contributed by atoms with Crippen molar-refractivity contribution in [2.75, 3.05) is 19.7 Å². The first kappa shape index (κ1) is 36.6. The molecule has 2 N–H and O–H groups in total. The molecule has 0 fully saturated rings. The predicted molar refractivity (Wildman–Crippen MR) is 173 cm³/mol. The van der Waals surface area contributed by atoms with E-state index in [4.69, 9.17) is 9.47 Å². The lowest BCUT2D eigenvalue weighted by atomic mass is 10.0. The summed E-state index contributed by atoms with van der Waals surface area (Å²) < 4.78 is 11.9. The van der Waals surface area contributed by atoms with Crippen LogP contribution in [0.4, 0.5) is 0 Å². The molecule has 8 heteroatoms. The van der Waals surface area contributed by atoms with E-state index in [1.165, 1.54) is 95.6 Å². The van der Waals surface area contributed by atoms with E-state index >= 15 is 0 Å². The second-order valence-corrected chi connectivity index (χ2v) is 11.6. The van der Waals surface area contributed by atoms with E-state index in [0.29, 0.717) is 18.1 Å². The van der Waals surface area contributed by atoms with Crippen LogP contribution in [0.25, 0.3) is 0 Å². The zero-order chi connectivity index (χ0) is 31.8. The SMILES string of the molecule is CCCCCCCCCCCCCCCCCCOc1cc(OCc2ccccc2)cc(C(=O)N(CC(=O)O)CC(=O)O)c1. The number of ether oxygens (including phenoxy) is 2. The summed E-state index contributed by atoms with van der Waals surface area (Å²) in [5, 5.41) is 18.4. The number of benzene rings is 2. The van der Waals surface area contributed by atoms with Crippen LogP contribution >= 0.6 is 0 Å². The van der Waals surface area contributed by atoms with Gasteiger partial charge in [0.05, 0.1) is 6.61 Å². The monoisotopic (exact) mass is 611 g/mol. The second-order valence-electron chi connectivity index (χ2n) is 11.6. The van der Waals surface area contributed by atoms with Gasteiger partial charge < -0.3 is 24.6 Å². The summed E-state index contributed by atoms with van der Waals surface area (Å²) in [5.41, 5.74) is 1.05. The minimum absolute atomic E-state index is 0.111. The van der Waals surface area contributed by atoms with Crippen LogP contribution in [-0.4, -0.2) is 52.7 Å². The van der Waals surface area contributed by atoms with Gasteiger partial charge in [-0.1, -0.05) is 134 Å². The summed E-state index contributed by atoms with van der Waals surface area (Å²) in [6.07, 6.45) is 20.6. The third kappa shape index (κ3) is 16.9. The predicted octanol–water partition coefficient (Wildman–Crippen LogP) is 8.52. The lowest BCUT2D eigenvalue weighted by Crippen LogP contribution is -2.39. The van der Waals surface area contributed by atoms with Crippen molar-refractivity contribution in [3.05, 3.63) is 59.7 Å². The maximum Gasteiger partial charge on any atom is 0.323 e. The Balaban J connectivity index is 1.76. The van der Waals surface area contributed by atoms with Crippen LogP contribution in [0.15, 0.2) is 48.5 Å². The van der Waals surface area contributed by atoms with Crippen molar-refractivity contribution < 1.29 is 34.1 Å². The van der Waals surface area contributed by atoms with Gasteiger partial charge in [0.1, 0.15) is 31.2 Å². The van der Waals surface area contributed by atoms with Gasteiger partial charge in [0.2, 0.25) is 0 Å². The molecule has 0 saturated carbocycles. The molecule has 1 amide bonds. The highest BCUT2D eigenvalue weighted by Gasteiger charge is 2.22. The highest BCUT2D eigenvalue weighted by molar-refractivity contribution is 5.98. The van der Waals surface area contributed by atoms with Gasteiger partial charge in [0.25, 0.3) is 5.91 Å². The van der Waals surface area contributed by atoms with Gasteiger partial charge in [0.15, 0.2) is 0 Å². The first-order valence-electron chi connectivity index (χ1n) is 16.6. The van der Waals surface area contributed by atoms with Gasteiger partial charge >= 0.3 is 11.9 Å². The Hall–Kier alpha value is -3.55. The molecule has 0 unspecified atom stereocenters. The third-order valence-corrected chi connectivity index (χ3v) is 7.58. The first-order valence-corrected chi connectivity index (χ1v) is 16.6. The van der Waals surface area contributed by atoms with Crippen LogP contribution in [0.5, 0.6) is 11.5 Å². The minimum atomic E-state index is -1.30. The highest BCUT2D eigenvalue weighted by Crippen LogP contribution is 2.25. The number of hydrogen-bond donors (Lipinski definition) is 2. The Morgan fingerprint density at radius 3 is 1.55 bits per heavy atom.